The summed E-state index contributed by atoms with van der Waals surface area (Å²) in [7, 11) is 0. The molecule has 1 aliphatic carbocycles. The molecule has 0 saturated heterocycles. The van der Waals surface area contributed by atoms with E-state index < -0.39 is 0 Å². The second-order valence-electron chi connectivity index (χ2n) is 3.10. The Labute approximate surface area is 62.1 Å². The van der Waals surface area contributed by atoms with Crippen LogP contribution in [0.5, 0.6) is 0 Å². The Kier molecular flexibility index (Phi) is 2.31. The van der Waals surface area contributed by atoms with Crippen LogP contribution in [0, 0.1) is 5.92 Å². The number of aliphatic hydroxyl groups excluding tert-OH is 1. The molecule has 1 fully saturated rings. The van der Waals surface area contributed by atoms with Crippen LogP contribution in [0.15, 0.2) is 17.9 Å². The van der Waals surface area contributed by atoms with Crippen molar-refractivity contribution in [3.63, 3.8) is 0 Å². The van der Waals surface area contributed by atoms with E-state index in [4.69, 9.17) is 0 Å². The van der Waals surface area contributed by atoms with Crippen LogP contribution in [-0.2, 0) is 0 Å². The largest absolute Gasteiger partial charge is 0.388 e. The van der Waals surface area contributed by atoms with Gasteiger partial charge in [0.05, 0.1) is 6.10 Å². The zero-order chi connectivity index (χ0) is 7.56. The molecule has 1 saturated carbocycles. The molecule has 1 aliphatic rings. The fourth-order valence-corrected chi connectivity index (χ4v) is 1.42. The van der Waals surface area contributed by atoms with Gasteiger partial charge in [-0.15, -0.1) is 5.73 Å². The molecule has 0 amide bonds. The van der Waals surface area contributed by atoms with E-state index in [1.54, 1.807) is 0 Å². The molecule has 0 bridgehead atoms. The first-order valence-electron chi connectivity index (χ1n) is 3.81. The summed E-state index contributed by atoms with van der Waals surface area (Å²) in [5.74, 6) is 0.659. The van der Waals surface area contributed by atoms with Crippen LogP contribution in [0.4, 0.5) is 0 Å². The van der Waals surface area contributed by atoms with E-state index >= 15 is 0 Å². The highest BCUT2D eigenvalue weighted by Gasteiger charge is 2.20. The lowest BCUT2D eigenvalue weighted by molar-refractivity contribution is 0.154. The second-order valence-corrected chi connectivity index (χ2v) is 3.10. The summed E-state index contributed by atoms with van der Waals surface area (Å²) in [4.78, 5) is 0. The van der Waals surface area contributed by atoms with E-state index in [0.29, 0.717) is 5.92 Å². The Bertz CT molecular complexity index is 166. The highest BCUT2D eigenvalue weighted by molar-refractivity contribution is 5.08. The van der Waals surface area contributed by atoms with Gasteiger partial charge in [0.25, 0.3) is 0 Å². The predicted octanol–water partition coefficient (Wildman–Crippen LogP) is 1.88. The number of aliphatic hydroxyl groups is 1. The van der Waals surface area contributed by atoms with Crippen LogP contribution in [-0.4, -0.2) is 11.2 Å². The van der Waals surface area contributed by atoms with Gasteiger partial charge in [-0.05, 0) is 30.8 Å². The van der Waals surface area contributed by atoms with E-state index in [1.807, 2.05) is 0 Å². The summed E-state index contributed by atoms with van der Waals surface area (Å²) in [5, 5.41) is 9.40. The van der Waals surface area contributed by atoms with Crippen molar-refractivity contribution < 1.29 is 5.11 Å². The van der Waals surface area contributed by atoms with Crippen LogP contribution in [0.2, 0.25) is 0 Å². The van der Waals surface area contributed by atoms with Crippen molar-refractivity contribution in [1.29, 1.82) is 0 Å². The maximum absolute atomic E-state index is 9.40. The minimum atomic E-state index is -0.263. The lowest BCUT2D eigenvalue weighted by Gasteiger charge is -2.24. The highest BCUT2D eigenvalue weighted by Crippen LogP contribution is 2.26. The Morgan fingerprint density at radius 1 is 1.70 bits per heavy atom. The van der Waals surface area contributed by atoms with Crippen molar-refractivity contribution in [2.75, 3.05) is 0 Å². The van der Waals surface area contributed by atoms with E-state index in [-0.39, 0.29) is 6.10 Å². The maximum Gasteiger partial charge on any atom is 0.0826 e. The van der Waals surface area contributed by atoms with Crippen molar-refractivity contribution in [2.24, 2.45) is 5.92 Å². The maximum atomic E-state index is 9.40. The normalized spacial score (nSPS) is 33.6. The minimum Gasteiger partial charge on any atom is -0.388 e. The molecule has 0 aromatic carbocycles. The Balaban J connectivity index is 2.60. The molecule has 1 nitrogen and oxygen atoms in total. The summed E-state index contributed by atoms with van der Waals surface area (Å²) in [6, 6.07) is 0. The average Bonchev–Trinajstić information content (AvgIpc) is 1.88. The van der Waals surface area contributed by atoms with E-state index in [2.05, 4.69) is 19.2 Å². The number of hydrogen-bond donors (Lipinski definition) is 1. The quantitative estimate of drug-likeness (QED) is 0.507. The fraction of sp³-hybridized carbons (Fsp3) is 0.667. The van der Waals surface area contributed by atoms with Gasteiger partial charge in [-0.25, -0.2) is 0 Å². The first-order chi connectivity index (χ1) is 4.74. The summed E-state index contributed by atoms with van der Waals surface area (Å²) in [5.41, 5.74) is 3.79. The van der Waals surface area contributed by atoms with Crippen molar-refractivity contribution in [1.82, 2.24) is 0 Å². The van der Waals surface area contributed by atoms with Gasteiger partial charge in [0.1, 0.15) is 0 Å². The molecule has 10 heavy (non-hydrogen) atoms. The summed E-state index contributed by atoms with van der Waals surface area (Å²) >= 11 is 0. The summed E-state index contributed by atoms with van der Waals surface area (Å²) in [6.07, 6.45) is 2.78. The lowest BCUT2D eigenvalue weighted by Crippen LogP contribution is -2.19. The van der Waals surface area contributed by atoms with E-state index in [1.165, 1.54) is 6.42 Å². The van der Waals surface area contributed by atoms with Gasteiger partial charge in [-0.3, -0.25) is 0 Å². The molecule has 0 unspecified atom stereocenters. The molecule has 1 heteroatoms. The van der Waals surface area contributed by atoms with E-state index in [9.17, 15) is 5.11 Å². The van der Waals surface area contributed by atoms with E-state index in [0.717, 1.165) is 18.4 Å². The topological polar surface area (TPSA) is 20.2 Å². The van der Waals surface area contributed by atoms with Crippen LogP contribution in [0.3, 0.4) is 0 Å². The average molecular weight is 138 g/mol. The molecule has 0 spiro atoms. The van der Waals surface area contributed by atoms with Gasteiger partial charge >= 0.3 is 0 Å². The zero-order valence-corrected chi connectivity index (χ0v) is 6.43. The molecule has 1 rings (SSSR count). The molecular formula is C9H14O. The third kappa shape index (κ3) is 1.50. The highest BCUT2D eigenvalue weighted by atomic mass is 16.3. The van der Waals surface area contributed by atoms with Gasteiger partial charge in [0.2, 0.25) is 0 Å². The summed E-state index contributed by atoms with van der Waals surface area (Å²) in [6.45, 7) is 5.71. The van der Waals surface area contributed by atoms with Gasteiger partial charge < -0.3 is 5.11 Å². The van der Waals surface area contributed by atoms with Crippen LogP contribution in [0.25, 0.3) is 0 Å². The first kappa shape index (κ1) is 7.59. The second kappa shape index (κ2) is 3.05. The monoisotopic (exact) mass is 138 g/mol. The predicted molar refractivity (Wildman–Crippen MR) is 41.7 cm³/mol. The Hall–Kier alpha value is -0.520. The molecule has 0 aromatic rings. The molecule has 0 aromatic heterocycles. The van der Waals surface area contributed by atoms with Gasteiger partial charge in [0.15, 0.2) is 0 Å². The molecule has 0 radical (unpaired) electrons. The third-order valence-electron chi connectivity index (χ3n) is 2.16. The SMILES string of the molecule is C=C=C1CC[C@@H](C)C[C@@H]1O. The lowest BCUT2D eigenvalue weighted by atomic mass is 9.85. The molecule has 0 aliphatic heterocycles. The number of rotatable bonds is 0. The standard InChI is InChI=1S/C9H14O/c1-3-8-5-4-7(2)6-9(8)10/h7,9-10H,1,4-6H2,2H3/t7-,9+/m1/s1. The van der Waals surface area contributed by atoms with Crippen LogP contribution >= 0.6 is 0 Å². The molecular weight excluding hydrogens is 124 g/mol. The Morgan fingerprint density at radius 3 is 2.90 bits per heavy atom. The van der Waals surface area contributed by atoms with Crippen molar-refractivity contribution >= 4 is 0 Å². The van der Waals surface area contributed by atoms with Crippen molar-refractivity contribution in [2.45, 2.75) is 32.3 Å². The molecule has 56 valence electrons. The summed E-state index contributed by atoms with van der Waals surface area (Å²) < 4.78 is 0. The van der Waals surface area contributed by atoms with Crippen molar-refractivity contribution in [3.8, 4) is 0 Å². The minimum absolute atomic E-state index is 0.263. The third-order valence-corrected chi connectivity index (χ3v) is 2.16. The molecule has 2 atom stereocenters. The molecule has 0 heterocycles. The fourth-order valence-electron chi connectivity index (χ4n) is 1.42. The zero-order valence-electron chi connectivity index (χ0n) is 6.43. The Morgan fingerprint density at radius 2 is 2.40 bits per heavy atom. The van der Waals surface area contributed by atoms with Crippen LogP contribution in [0.1, 0.15) is 26.2 Å². The first-order valence-corrected chi connectivity index (χ1v) is 3.81. The molecule has 1 N–H and O–H groups in total. The van der Waals surface area contributed by atoms with Gasteiger partial charge in [-0.2, -0.15) is 0 Å². The van der Waals surface area contributed by atoms with Gasteiger partial charge in [0, 0.05) is 0 Å². The van der Waals surface area contributed by atoms with Crippen LogP contribution < -0.4 is 0 Å². The van der Waals surface area contributed by atoms with Crippen molar-refractivity contribution in [3.05, 3.63) is 17.9 Å². The van der Waals surface area contributed by atoms with Gasteiger partial charge in [-0.1, -0.05) is 13.5 Å². The number of hydrogen-bond acceptors (Lipinski definition) is 1. The smallest absolute Gasteiger partial charge is 0.0826 e.